The van der Waals surface area contributed by atoms with Crippen molar-refractivity contribution >= 4 is 0 Å². The van der Waals surface area contributed by atoms with Crippen molar-refractivity contribution < 1.29 is 4.39 Å². The second-order valence-electron chi connectivity index (χ2n) is 4.88. The molecule has 0 saturated heterocycles. The molecule has 0 bridgehead atoms. The number of benzene rings is 1. The Kier molecular flexibility index (Phi) is 4.32. The Hall–Kier alpha value is -1.68. The summed E-state index contributed by atoms with van der Waals surface area (Å²) in [5.74, 6) is -0.190. The molecule has 3 nitrogen and oxygen atoms in total. The first-order valence-electron chi connectivity index (χ1n) is 6.59. The summed E-state index contributed by atoms with van der Waals surface area (Å²) in [6, 6.07) is 5.00. The van der Waals surface area contributed by atoms with Crippen LogP contribution in [-0.4, -0.2) is 16.1 Å². The van der Waals surface area contributed by atoms with Crippen LogP contribution in [0.2, 0.25) is 0 Å². The lowest BCUT2D eigenvalue weighted by molar-refractivity contribution is 0.540. The molecule has 0 spiro atoms. The Bertz CT molecular complexity index is 548. The van der Waals surface area contributed by atoms with Crippen molar-refractivity contribution in [2.24, 2.45) is 7.05 Å². The third-order valence-electron chi connectivity index (χ3n) is 3.08. The van der Waals surface area contributed by atoms with Gasteiger partial charge in [-0.15, -0.1) is 0 Å². The minimum atomic E-state index is -0.193. The summed E-state index contributed by atoms with van der Waals surface area (Å²) in [5.41, 5.74) is 2.56. The highest BCUT2D eigenvalue weighted by molar-refractivity contribution is 5.31. The molecule has 0 amide bonds. The predicted octanol–water partition coefficient (Wildman–Crippen LogP) is 2.96. The molecule has 0 aliphatic rings. The molecule has 4 heteroatoms. The van der Waals surface area contributed by atoms with Gasteiger partial charge in [-0.05, 0) is 26.0 Å². The molecule has 0 fully saturated rings. The maximum atomic E-state index is 14.1. The molecule has 102 valence electrons. The van der Waals surface area contributed by atoms with E-state index in [1.165, 1.54) is 6.07 Å². The summed E-state index contributed by atoms with van der Waals surface area (Å²) < 4.78 is 15.9. The van der Waals surface area contributed by atoms with Crippen LogP contribution in [0.1, 0.15) is 36.2 Å². The first kappa shape index (κ1) is 13.7. The highest BCUT2D eigenvalue weighted by Gasteiger charge is 2.19. The molecule has 0 aliphatic heterocycles. The van der Waals surface area contributed by atoms with Gasteiger partial charge in [0.2, 0.25) is 0 Å². The quantitative estimate of drug-likeness (QED) is 0.896. The molecule has 1 heterocycles. The van der Waals surface area contributed by atoms with Crippen molar-refractivity contribution in [1.82, 2.24) is 14.9 Å². The van der Waals surface area contributed by atoms with Crippen molar-refractivity contribution in [3.63, 3.8) is 0 Å². The molecule has 1 aromatic heterocycles. The molecule has 0 saturated carbocycles. The fraction of sp³-hybridized carbons (Fsp3) is 0.400. The van der Waals surface area contributed by atoms with Crippen molar-refractivity contribution in [1.29, 1.82) is 0 Å². The van der Waals surface area contributed by atoms with Gasteiger partial charge in [0.25, 0.3) is 0 Å². The van der Waals surface area contributed by atoms with Crippen molar-refractivity contribution in [3.8, 4) is 0 Å². The van der Waals surface area contributed by atoms with Gasteiger partial charge in [-0.25, -0.2) is 9.37 Å². The van der Waals surface area contributed by atoms with Gasteiger partial charge in [0.15, 0.2) is 0 Å². The lowest BCUT2D eigenvalue weighted by atomic mass is 10.0. The number of rotatable bonds is 5. The molecule has 1 unspecified atom stereocenters. The largest absolute Gasteiger partial charge is 0.340 e. The third kappa shape index (κ3) is 3.20. The number of aromatic nitrogens is 2. The molecular weight excluding hydrogens is 241 g/mol. The van der Waals surface area contributed by atoms with Crippen LogP contribution < -0.4 is 5.32 Å². The fourth-order valence-corrected chi connectivity index (χ4v) is 2.13. The van der Waals surface area contributed by atoms with Gasteiger partial charge in [0.1, 0.15) is 5.82 Å². The Labute approximate surface area is 113 Å². The number of nitrogens with one attached hydrogen (secondary N) is 1. The van der Waals surface area contributed by atoms with E-state index in [1.54, 1.807) is 12.4 Å². The van der Waals surface area contributed by atoms with Crippen molar-refractivity contribution in [2.75, 3.05) is 6.54 Å². The summed E-state index contributed by atoms with van der Waals surface area (Å²) >= 11 is 0. The summed E-state index contributed by atoms with van der Waals surface area (Å²) in [5, 5.41) is 3.37. The average molecular weight is 261 g/mol. The SMILES string of the molecule is CCCNC(c1cn(C)cn1)c1cc(C)ccc1F. The standard InChI is InChI=1S/C15H20FN3/c1-4-7-17-15(14-9-19(3)10-18-14)12-8-11(2)5-6-13(12)16/h5-6,8-10,15,17H,4,7H2,1-3H3. The van der Waals surface area contributed by atoms with E-state index in [4.69, 9.17) is 0 Å². The van der Waals surface area contributed by atoms with Crippen molar-refractivity contribution in [2.45, 2.75) is 26.3 Å². The molecule has 1 aromatic carbocycles. The number of halogens is 1. The van der Waals surface area contributed by atoms with Gasteiger partial charge in [0.05, 0.1) is 18.1 Å². The first-order valence-corrected chi connectivity index (χ1v) is 6.59. The van der Waals surface area contributed by atoms with Gasteiger partial charge in [-0.3, -0.25) is 0 Å². The average Bonchev–Trinajstić information content (AvgIpc) is 2.80. The molecule has 0 aliphatic carbocycles. The zero-order chi connectivity index (χ0) is 13.8. The number of hydrogen-bond acceptors (Lipinski definition) is 2. The van der Waals surface area contributed by atoms with E-state index in [-0.39, 0.29) is 11.9 Å². The molecule has 0 radical (unpaired) electrons. The molecule has 1 atom stereocenters. The highest BCUT2D eigenvalue weighted by Crippen LogP contribution is 2.24. The normalized spacial score (nSPS) is 12.6. The first-order chi connectivity index (χ1) is 9.11. The number of aryl methyl sites for hydroxylation is 2. The van der Waals surface area contributed by atoms with E-state index in [0.717, 1.165) is 24.2 Å². The van der Waals surface area contributed by atoms with E-state index < -0.39 is 0 Å². The van der Waals surface area contributed by atoms with Gasteiger partial charge in [-0.2, -0.15) is 0 Å². The molecule has 19 heavy (non-hydrogen) atoms. The zero-order valence-electron chi connectivity index (χ0n) is 11.7. The number of imidazole rings is 1. The lowest BCUT2D eigenvalue weighted by Crippen LogP contribution is -2.24. The molecule has 2 aromatic rings. The van der Waals surface area contributed by atoms with E-state index in [2.05, 4.69) is 17.2 Å². The fourth-order valence-electron chi connectivity index (χ4n) is 2.13. The molecule has 2 rings (SSSR count). The summed E-state index contributed by atoms with van der Waals surface area (Å²) in [6.45, 7) is 4.89. The summed E-state index contributed by atoms with van der Waals surface area (Å²) in [6.07, 6.45) is 4.66. The Morgan fingerprint density at radius 2 is 2.21 bits per heavy atom. The minimum absolute atomic E-state index is 0.190. The van der Waals surface area contributed by atoms with Gasteiger partial charge in [0, 0.05) is 18.8 Å². The Balaban J connectivity index is 2.39. The molecular formula is C15H20FN3. The van der Waals surface area contributed by atoms with E-state index in [0.29, 0.717) is 5.56 Å². The van der Waals surface area contributed by atoms with Crippen LogP contribution in [0.15, 0.2) is 30.7 Å². The maximum Gasteiger partial charge on any atom is 0.128 e. The van der Waals surface area contributed by atoms with E-state index >= 15 is 0 Å². The number of nitrogens with zero attached hydrogens (tertiary/aromatic N) is 2. The second kappa shape index (κ2) is 5.97. The molecule has 1 N–H and O–H groups in total. The Morgan fingerprint density at radius 1 is 1.42 bits per heavy atom. The summed E-state index contributed by atoms with van der Waals surface area (Å²) in [7, 11) is 1.92. The highest BCUT2D eigenvalue weighted by atomic mass is 19.1. The predicted molar refractivity (Wildman–Crippen MR) is 74.5 cm³/mol. The van der Waals surface area contributed by atoms with E-state index in [1.807, 2.05) is 30.8 Å². The number of hydrogen-bond donors (Lipinski definition) is 1. The third-order valence-corrected chi connectivity index (χ3v) is 3.08. The van der Waals surface area contributed by atoms with Crippen LogP contribution in [0.5, 0.6) is 0 Å². The minimum Gasteiger partial charge on any atom is -0.340 e. The van der Waals surface area contributed by atoms with E-state index in [9.17, 15) is 4.39 Å². The smallest absolute Gasteiger partial charge is 0.128 e. The van der Waals surface area contributed by atoms with Crippen LogP contribution in [0, 0.1) is 12.7 Å². The maximum absolute atomic E-state index is 14.1. The van der Waals surface area contributed by atoms with Crippen LogP contribution in [0.3, 0.4) is 0 Å². The van der Waals surface area contributed by atoms with Crippen molar-refractivity contribution in [3.05, 3.63) is 53.4 Å². The van der Waals surface area contributed by atoms with Crippen LogP contribution in [-0.2, 0) is 7.05 Å². The topological polar surface area (TPSA) is 29.9 Å². The van der Waals surface area contributed by atoms with Gasteiger partial charge in [-0.1, -0.05) is 24.6 Å². The monoisotopic (exact) mass is 261 g/mol. The lowest BCUT2D eigenvalue weighted by Gasteiger charge is -2.18. The zero-order valence-corrected chi connectivity index (χ0v) is 11.7. The van der Waals surface area contributed by atoms with Crippen LogP contribution >= 0.6 is 0 Å². The van der Waals surface area contributed by atoms with Gasteiger partial charge < -0.3 is 9.88 Å². The Morgan fingerprint density at radius 3 is 2.84 bits per heavy atom. The van der Waals surface area contributed by atoms with Crippen LogP contribution in [0.25, 0.3) is 0 Å². The summed E-state index contributed by atoms with van der Waals surface area (Å²) in [4.78, 5) is 4.35. The second-order valence-corrected chi connectivity index (χ2v) is 4.88. The van der Waals surface area contributed by atoms with Gasteiger partial charge >= 0.3 is 0 Å². The van der Waals surface area contributed by atoms with Crippen LogP contribution in [0.4, 0.5) is 4.39 Å².